The molecule has 2 heterocycles. The third-order valence-corrected chi connectivity index (χ3v) is 6.98. The monoisotopic (exact) mass is 467 g/mol. The topological polar surface area (TPSA) is 84.3 Å². The standard InChI is InChI=1S/C24H25N3O5S/c1-29-15-8-9-19(21(10-15)31-3)26-13-27-22(28)11-17(18(12-25)24(27)33-14-26)16-6-5-7-20(30-2)23(16)32-4/h5-10,17H,11,13-14H2,1-4H3/t17-/m1/s1. The summed E-state index contributed by atoms with van der Waals surface area (Å²) in [6, 6.07) is 13.5. The van der Waals surface area contributed by atoms with Crippen LogP contribution in [0.25, 0.3) is 0 Å². The van der Waals surface area contributed by atoms with Crippen LogP contribution in [0.5, 0.6) is 23.0 Å². The lowest BCUT2D eigenvalue weighted by atomic mass is 9.85. The summed E-state index contributed by atoms with van der Waals surface area (Å²) in [5.41, 5.74) is 2.19. The Hall–Kier alpha value is -3.51. The van der Waals surface area contributed by atoms with Crippen molar-refractivity contribution in [1.82, 2.24) is 4.90 Å². The van der Waals surface area contributed by atoms with Gasteiger partial charge in [0.1, 0.15) is 11.5 Å². The summed E-state index contributed by atoms with van der Waals surface area (Å²) in [6.45, 7) is 0.330. The van der Waals surface area contributed by atoms with Gasteiger partial charge in [0.15, 0.2) is 11.5 Å². The predicted octanol–water partition coefficient (Wildman–Crippen LogP) is 3.94. The van der Waals surface area contributed by atoms with Crippen LogP contribution < -0.4 is 23.8 Å². The number of hydrogen-bond donors (Lipinski definition) is 0. The maximum Gasteiger partial charge on any atom is 0.229 e. The van der Waals surface area contributed by atoms with Crippen LogP contribution in [-0.2, 0) is 4.79 Å². The fourth-order valence-corrected chi connectivity index (χ4v) is 5.37. The number of rotatable bonds is 6. The molecule has 0 N–H and O–H groups in total. The van der Waals surface area contributed by atoms with Crippen molar-refractivity contribution in [2.75, 3.05) is 45.9 Å². The second kappa shape index (κ2) is 9.55. The number of nitriles is 1. The average molecular weight is 468 g/mol. The highest BCUT2D eigenvalue weighted by atomic mass is 32.2. The Morgan fingerprint density at radius 2 is 1.82 bits per heavy atom. The number of methoxy groups -OCH3 is 4. The van der Waals surface area contributed by atoms with Gasteiger partial charge < -0.3 is 23.8 Å². The molecule has 0 bridgehead atoms. The summed E-state index contributed by atoms with van der Waals surface area (Å²) in [6.07, 6.45) is 0.171. The van der Waals surface area contributed by atoms with Crippen LogP contribution in [0.2, 0.25) is 0 Å². The minimum Gasteiger partial charge on any atom is -0.497 e. The third-order valence-electron chi connectivity index (χ3n) is 5.83. The molecule has 2 aliphatic heterocycles. The first-order valence-corrected chi connectivity index (χ1v) is 11.3. The highest BCUT2D eigenvalue weighted by molar-refractivity contribution is 8.03. The molecule has 2 aromatic rings. The fourth-order valence-electron chi connectivity index (χ4n) is 4.21. The first kappa shape index (κ1) is 22.7. The third kappa shape index (κ3) is 4.02. The zero-order chi connectivity index (χ0) is 23.5. The molecule has 0 saturated carbocycles. The number of para-hydroxylation sites is 1. The quantitative estimate of drug-likeness (QED) is 0.632. The van der Waals surface area contributed by atoms with Crippen LogP contribution in [0, 0.1) is 11.3 Å². The first-order chi connectivity index (χ1) is 16.1. The van der Waals surface area contributed by atoms with E-state index in [0.717, 1.165) is 11.3 Å². The van der Waals surface area contributed by atoms with E-state index >= 15 is 0 Å². The Labute approximate surface area is 197 Å². The molecule has 2 aromatic carbocycles. The van der Waals surface area contributed by atoms with Gasteiger partial charge in [-0.1, -0.05) is 23.9 Å². The van der Waals surface area contributed by atoms with Crippen molar-refractivity contribution in [3.63, 3.8) is 0 Å². The number of amides is 1. The van der Waals surface area contributed by atoms with Crippen molar-refractivity contribution in [3.8, 4) is 29.1 Å². The van der Waals surface area contributed by atoms with Gasteiger partial charge in [-0.25, -0.2) is 0 Å². The van der Waals surface area contributed by atoms with Crippen molar-refractivity contribution in [2.24, 2.45) is 0 Å². The maximum atomic E-state index is 13.3. The minimum atomic E-state index is -0.395. The Bertz CT molecular complexity index is 1140. The number of allylic oxidation sites excluding steroid dienone is 1. The minimum absolute atomic E-state index is 0.0523. The molecule has 4 rings (SSSR count). The van der Waals surface area contributed by atoms with E-state index < -0.39 is 5.92 Å². The second-order valence-corrected chi connectivity index (χ2v) is 8.42. The van der Waals surface area contributed by atoms with E-state index in [2.05, 4.69) is 6.07 Å². The molecule has 0 unspecified atom stereocenters. The molecule has 172 valence electrons. The molecule has 0 radical (unpaired) electrons. The molecular formula is C24H25N3O5S. The molecule has 33 heavy (non-hydrogen) atoms. The van der Waals surface area contributed by atoms with E-state index in [-0.39, 0.29) is 12.3 Å². The molecule has 2 aliphatic rings. The van der Waals surface area contributed by atoms with Crippen LogP contribution in [0.4, 0.5) is 5.69 Å². The number of nitrogens with zero attached hydrogens (tertiary/aromatic N) is 3. The molecule has 8 nitrogen and oxygen atoms in total. The smallest absolute Gasteiger partial charge is 0.229 e. The number of benzene rings is 2. The Morgan fingerprint density at radius 1 is 1.03 bits per heavy atom. The van der Waals surface area contributed by atoms with E-state index in [1.807, 2.05) is 35.2 Å². The number of carbonyl (C=O) groups excluding carboxylic acids is 1. The summed E-state index contributed by atoms with van der Waals surface area (Å²) >= 11 is 1.47. The lowest BCUT2D eigenvalue weighted by Crippen LogP contribution is -2.47. The maximum absolute atomic E-state index is 13.3. The van der Waals surface area contributed by atoms with E-state index in [9.17, 15) is 10.1 Å². The van der Waals surface area contributed by atoms with Gasteiger partial charge in [0, 0.05) is 24.0 Å². The number of ether oxygens (including phenoxy) is 4. The normalized spacial score (nSPS) is 17.9. The Balaban J connectivity index is 1.70. The summed E-state index contributed by atoms with van der Waals surface area (Å²) in [5, 5.41) is 10.8. The van der Waals surface area contributed by atoms with Crippen LogP contribution in [0.3, 0.4) is 0 Å². The Kier molecular flexibility index (Phi) is 6.56. The molecule has 1 amide bonds. The predicted molar refractivity (Wildman–Crippen MR) is 126 cm³/mol. The molecule has 0 spiro atoms. The SMILES string of the molecule is COc1ccc(N2CSC3=C(C#N)[C@@H](c4cccc(OC)c4OC)CC(=O)N3C2)c(OC)c1. The lowest BCUT2D eigenvalue weighted by molar-refractivity contribution is -0.129. The zero-order valence-electron chi connectivity index (χ0n) is 19.0. The van der Waals surface area contributed by atoms with Crippen molar-refractivity contribution >= 4 is 23.4 Å². The van der Waals surface area contributed by atoms with Crippen molar-refractivity contribution in [2.45, 2.75) is 12.3 Å². The van der Waals surface area contributed by atoms with Gasteiger partial charge in [-0.3, -0.25) is 9.69 Å². The van der Waals surface area contributed by atoms with Gasteiger partial charge in [0.2, 0.25) is 5.91 Å². The zero-order valence-corrected chi connectivity index (χ0v) is 19.8. The summed E-state index contributed by atoms with van der Waals surface area (Å²) in [4.78, 5) is 17.0. The van der Waals surface area contributed by atoms with Gasteiger partial charge >= 0.3 is 0 Å². The van der Waals surface area contributed by atoms with Crippen LogP contribution in [0.1, 0.15) is 17.9 Å². The molecule has 0 aromatic heterocycles. The van der Waals surface area contributed by atoms with E-state index in [1.165, 1.54) is 11.8 Å². The van der Waals surface area contributed by atoms with Gasteiger partial charge in [-0.05, 0) is 18.2 Å². The number of hydrogen-bond acceptors (Lipinski definition) is 8. The van der Waals surface area contributed by atoms with Crippen LogP contribution in [-0.4, -0.2) is 51.8 Å². The molecule has 1 fully saturated rings. The number of carbonyl (C=O) groups is 1. The summed E-state index contributed by atoms with van der Waals surface area (Å²) < 4.78 is 21.8. The van der Waals surface area contributed by atoms with E-state index in [0.29, 0.717) is 46.1 Å². The highest BCUT2D eigenvalue weighted by Crippen LogP contribution is 2.47. The molecular weight excluding hydrogens is 442 g/mol. The van der Waals surface area contributed by atoms with Crippen LogP contribution >= 0.6 is 11.8 Å². The van der Waals surface area contributed by atoms with Crippen molar-refractivity contribution in [1.29, 1.82) is 5.26 Å². The molecule has 9 heteroatoms. The second-order valence-electron chi connectivity index (χ2n) is 7.48. The number of anilines is 1. The van der Waals surface area contributed by atoms with Crippen molar-refractivity contribution in [3.05, 3.63) is 52.6 Å². The fraction of sp³-hybridized carbons (Fsp3) is 0.333. The van der Waals surface area contributed by atoms with Crippen LogP contribution in [0.15, 0.2) is 47.0 Å². The molecule has 1 atom stereocenters. The van der Waals surface area contributed by atoms with Gasteiger partial charge in [0.25, 0.3) is 0 Å². The van der Waals surface area contributed by atoms with Gasteiger partial charge in [-0.2, -0.15) is 5.26 Å². The largest absolute Gasteiger partial charge is 0.497 e. The van der Waals surface area contributed by atoms with Gasteiger partial charge in [0.05, 0.1) is 63.3 Å². The molecule has 0 aliphatic carbocycles. The summed E-state index contributed by atoms with van der Waals surface area (Å²) in [5.74, 6) is 2.58. The van der Waals surface area contributed by atoms with E-state index in [1.54, 1.807) is 39.4 Å². The molecule has 1 saturated heterocycles. The average Bonchev–Trinajstić information content (AvgIpc) is 2.87. The number of fused-ring (bicyclic) bond motifs is 1. The summed E-state index contributed by atoms with van der Waals surface area (Å²) in [7, 11) is 6.34. The van der Waals surface area contributed by atoms with E-state index in [4.69, 9.17) is 18.9 Å². The Morgan fingerprint density at radius 3 is 2.48 bits per heavy atom. The van der Waals surface area contributed by atoms with Gasteiger partial charge in [-0.15, -0.1) is 0 Å². The lowest BCUT2D eigenvalue weighted by Gasteiger charge is -2.42. The van der Waals surface area contributed by atoms with Crippen molar-refractivity contribution < 1.29 is 23.7 Å². The first-order valence-electron chi connectivity index (χ1n) is 10.3. The highest BCUT2D eigenvalue weighted by Gasteiger charge is 2.40. The number of thioether (sulfide) groups is 1.